The van der Waals surface area contributed by atoms with E-state index < -0.39 is 5.92 Å². The third kappa shape index (κ3) is 4.32. The number of hydrogen-bond donors (Lipinski definition) is 0. The van der Waals surface area contributed by atoms with E-state index in [0.29, 0.717) is 17.3 Å². The zero-order valence-corrected chi connectivity index (χ0v) is 12.2. The van der Waals surface area contributed by atoms with Crippen LogP contribution in [-0.2, 0) is 0 Å². The summed E-state index contributed by atoms with van der Waals surface area (Å²) >= 11 is 12.0. The maximum absolute atomic E-state index is 13.4. The molecular formula is C15H18Cl2F2. The predicted octanol–water partition coefficient (Wildman–Crippen LogP) is 5.88. The molecule has 19 heavy (non-hydrogen) atoms. The van der Waals surface area contributed by atoms with Crippen LogP contribution in [0.1, 0.15) is 43.6 Å². The van der Waals surface area contributed by atoms with Gasteiger partial charge in [0.25, 0.3) is 0 Å². The highest BCUT2D eigenvalue weighted by molar-refractivity contribution is 6.30. The van der Waals surface area contributed by atoms with Gasteiger partial charge in [-0.1, -0.05) is 23.7 Å². The average molecular weight is 307 g/mol. The molecule has 4 heteroatoms. The van der Waals surface area contributed by atoms with Gasteiger partial charge in [-0.05, 0) is 48.8 Å². The molecule has 0 saturated heterocycles. The lowest BCUT2D eigenvalue weighted by molar-refractivity contribution is -0.0541. The van der Waals surface area contributed by atoms with Crippen LogP contribution in [-0.4, -0.2) is 11.8 Å². The molecule has 1 fully saturated rings. The van der Waals surface area contributed by atoms with Crippen LogP contribution in [0.15, 0.2) is 24.3 Å². The standard InChI is InChI=1S/C15H18Cl2F2/c16-10-13(12-4-1-5-14(17)8-12)7-11-3-2-6-15(18,19)9-11/h1,4-5,8,11,13H,2-3,6-7,9-10H2. The molecule has 0 bridgehead atoms. The van der Waals surface area contributed by atoms with E-state index in [1.807, 2.05) is 24.3 Å². The molecule has 0 N–H and O–H groups in total. The summed E-state index contributed by atoms with van der Waals surface area (Å²) in [6.07, 6.45) is 2.25. The lowest BCUT2D eigenvalue weighted by atomic mass is 9.79. The van der Waals surface area contributed by atoms with E-state index in [1.165, 1.54) is 0 Å². The third-order valence-electron chi connectivity index (χ3n) is 3.87. The van der Waals surface area contributed by atoms with Crippen LogP contribution in [0.2, 0.25) is 5.02 Å². The van der Waals surface area contributed by atoms with Crippen LogP contribution in [0.5, 0.6) is 0 Å². The minimum Gasteiger partial charge on any atom is -0.207 e. The first-order valence-electron chi connectivity index (χ1n) is 6.69. The molecule has 0 aliphatic heterocycles. The fourth-order valence-corrected chi connectivity index (χ4v) is 3.43. The lowest BCUT2D eigenvalue weighted by Gasteiger charge is -2.31. The van der Waals surface area contributed by atoms with Crippen LogP contribution < -0.4 is 0 Å². The van der Waals surface area contributed by atoms with Crippen LogP contribution in [0.3, 0.4) is 0 Å². The Labute approximate surface area is 123 Å². The van der Waals surface area contributed by atoms with Crippen molar-refractivity contribution in [2.45, 2.75) is 43.9 Å². The van der Waals surface area contributed by atoms with Crippen molar-refractivity contribution in [2.75, 3.05) is 5.88 Å². The molecule has 0 nitrogen and oxygen atoms in total. The largest absolute Gasteiger partial charge is 0.248 e. The first kappa shape index (κ1) is 15.1. The van der Waals surface area contributed by atoms with Gasteiger partial charge in [0, 0.05) is 23.7 Å². The van der Waals surface area contributed by atoms with Gasteiger partial charge >= 0.3 is 0 Å². The molecule has 2 unspecified atom stereocenters. The fourth-order valence-electron chi connectivity index (χ4n) is 2.93. The normalized spacial score (nSPS) is 24.1. The Morgan fingerprint density at radius 2 is 2.16 bits per heavy atom. The van der Waals surface area contributed by atoms with Gasteiger partial charge in [0.15, 0.2) is 0 Å². The van der Waals surface area contributed by atoms with Crippen LogP contribution in [0.25, 0.3) is 0 Å². The smallest absolute Gasteiger partial charge is 0.207 e. The molecule has 2 rings (SSSR count). The van der Waals surface area contributed by atoms with Gasteiger partial charge in [0.05, 0.1) is 0 Å². The van der Waals surface area contributed by atoms with Crippen molar-refractivity contribution < 1.29 is 8.78 Å². The zero-order valence-electron chi connectivity index (χ0n) is 10.7. The minimum atomic E-state index is -2.49. The molecule has 1 aliphatic rings. The van der Waals surface area contributed by atoms with E-state index in [9.17, 15) is 8.78 Å². The molecule has 0 amide bonds. The number of rotatable bonds is 4. The van der Waals surface area contributed by atoms with Gasteiger partial charge in [-0.25, -0.2) is 8.78 Å². The zero-order chi connectivity index (χ0) is 13.9. The second-order valence-electron chi connectivity index (χ2n) is 5.46. The summed E-state index contributed by atoms with van der Waals surface area (Å²) in [5.41, 5.74) is 1.05. The van der Waals surface area contributed by atoms with E-state index in [4.69, 9.17) is 23.2 Å². The quantitative estimate of drug-likeness (QED) is 0.609. The van der Waals surface area contributed by atoms with Gasteiger partial charge in [0.2, 0.25) is 5.92 Å². The Morgan fingerprint density at radius 3 is 2.79 bits per heavy atom. The van der Waals surface area contributed by atoms with Crippen molar-refractivity contribution in [3.8, 4) is 0 Å². The van der Waals surface area contributed by atoms with E-state index >= 15 is 0 Å². The third-order valence-corrected chi connectivity index (χ3v) is 4.47. The summed E-state index contributed by atoms with van der Waals surface area (Å²) in [5.74, 6) is -1.87. The first-order chi connectivity index (χ1) is 9.00. The van der Waals surface area contributed by atoms with Crippen LogP contribution in [0.4, 0.5) is 8.78 Å². The molecule has 1 aliphatic carbocycles. The Kier molecular flexibility index (Phi) is 5.08. The summed E-state index contributed by atoms with van der Waals surface area (Å²) < 4.78 is 26.8. The molecule has 0 heterocycles. The maximum Gasteiger partial charge on any atom is 0.248 e. The molecular weight excluding hydrogens is 289 g/mol. The molecule has 0 radical (unpaired) electrons. The molecule has 106 valence electrons. The summed E-state index contributed by atoms with van der Waals surface area (Å²) in [6, 6.07) is 7.55. The minimum absolute atomic E-state index is 0.000947. The number of hydrogen-bond acceptors (Lipinski definition) is 0. The fraction of sp³-hybridized carbons (Fsp3) is 0.600. The summed E-state index contributed by atoms with van der Waals surface area (Å²) in [7, 11) is 0. The van der Waals surface area contributed by atoms with Crippen molar-refractivity contribution in [3.05, 3.63) is 34.9 Å². The molecule has 1 aromatic carbocycles. The van der Waals surface area contributed by atoms with Crippen LogP contribution >= 0.6 is 23.2 Å². The Morgan fingerprint density at radius 1 is 1.37 bits per heavy atom. The summed E-state index contributed by atoms with van der Waals surface area (Å²) in [4.78, 5) is 0. The molecule has 0 spiro atoms. The number of alkyl halides is 3. The summed E-state index contributed by atoms with van der Waals surface area (Å²) in [6.45, 7) is 0. The predicted molar refractivity (Wildman–Crippen MR) is 76.4 cm³/mol. The summed E-state index contributed by atoms with van der Waals surface area (Å²) in [5, 5.41) is 0.668. The maximum atomic E-state index is 13.4. The van der Waals surface area contributed by atoms with Gasteiger partial charge in [-0.15, -0.1) is 11.6 Å². The van der Waals surface area contributed by atoms with E-state index in [0.717, 1.165) is 18.4 Å². The molecule has 1 aromatic rings. The average Bonchev–Trinajstić information content (AvgIpc) is 2.35. The molecule has 0 aromatic heterocycles. The Hall–Kier alpha value is -0.340. The van der Waals surface area contributed by atoms with Crippen molar-refractivity contribution in [1.82, 2.24) is 0 Å². The topological polar surface area (TPSA) is 0 Å². The highest BCUT2D eigenvalue weighted by Gasteiger charge is 2.36. The van der Waals surface area contributed by atoms with Crippen molar-refractivity contribution in [3.63, 3.8) is 0 Å². The molecule has 1 saturated carbocycles. The van der Waals surface area contributed by atoms with E-state index in [-0.39, 0.29) is 24.7 Å². The number of halogens is 4. The molecule has 2 atom stereocenters. The Balaban J connectivity index is 2.03. The van der Waals surface area contributed by atoms with Gasteiger partial charge in [-0.2, -0.15) is 0 Å². The first-order valence-corrected chi connectivity index (χ1v) is 7.61. The van der Waals surface area contributed by atoms with Crippen molar-refractivity contribution >= 4 is 23.2 Å². The highest BCUT2D eigenvalue weighted by Crippen LogP contribution is 2.41. The van der Waals surface area contributed by atoms with Crippen molar-refractivity contribution in [1.29, 1.82) is 0 Å². The second kappa shape index (κ2) is 6.41. The lowest BCUT2D eigenvalue weighted by Crippen LogP contribution is -2.27. The van der Waals surface area contributed by atoms with Crippen LogP contribution in [0, 0.1) is 5.92 Å². The van der Waals surface area contributed by atoms with Gasteiger partial charge in [-0.3, -0.25) is 0 Å². The SMILES string of the molecule is FC1(F)CCCC(CC(CCl)c2cccc(Cl)c2)C1. The monoisotopic (exact) mass is 306 g/mol. The second-order valence-corrected chi connectivity index (χ2v) is 6.21. The van der Waals surface area contributed by atoms with E-state index in [2.05, 4.69) is 0 Å². The van der Waals surface area contributed by atoms with E-state index in [1.54, 1.807) is 0 Å². The van der Waals surface area contributed by atoms with Crippen molar-refractivity contribution in [2.24, 2.45) is 5.92 Å². The Bertz CT molecular complexity index is 420. The number of benzene rings is 1. The van der Waals surface area contributed by atoms with Gasteiger partial charge < -0.3 is 0 Å². The van der Waals surface area contributed by atoms with Gasteiger partial charge in [0.1, 0.15) is 0 Å². The highest BCUT2D eigenvalue weighted by atomic mass is 35.5.